The Morgan fingerprint density at radius 2 is 2.19 bits per heavy atom. The number of sulfone groups is 1. The second kappa shape index (κ2) is 5.48. The molecule has 0 aromatic heterocycles. The number of carbonyl (C=O) groups excluding carboxylic acids is 1. The maximum absolute atomic E-state index is 11.5. The van der Waals surface area contributed by atoms with Crippen molar-refractivity contribution in [2.24, 2.45) is 5.92 Å². The first-order valence-electron chi connectivity index (χ1n) is 5.60. The summed E-state index contributed by atoms with van der Waals surface area (Å²) in [5, 5.41) is 2.78. The van der Waals surface area contributed by atoms with Crippen molar-refractivity contribution in [3.05, 3.63) is 11.6 Å². The molecule has 1 rings (SSSR count). The van der Waals surface area contributed by atoms with Crippen molar-refractivity contribution in [1.82, 2.24) is 5.32 Å². The second-order valence-corrected chi connectivity index (χ2v) is 6.50. The van der Waals surface area contributed by atoms with Gasteiger partial charge < -0.3 is 5.32 Å². The molecule has 1 amide bonds. The van der Waals surface area contributed by atoms with Gasteiger partial charge in [0.05, 0.1) is 11.5 Å². The van der Waals surface area contributed by atoms with Gasteiger partial charge in [0.25, 0.3) is 0 Å². The second-order valence-electron chi connectivity index (χ2n) is 4.27. The van der Waals surface area contributed by atoms with E-state index in [1.807, 2.05) is 13.0 Å². The van der Waals surface area contributed by atoms with E-state index in [0.29, 0.717) is 18.5 Å². The highest BCUT2D eigenvalue weighted by molar-refractivity contribution is 7.91. The van der Waals surface area contributed by atoms with Gasteiger partial charge in [-0.1, -0.05) is 13.0 Å². The molecule has 0 aliphatic carbocycles. The number of allylic oxidation sites excluding steroid dienone is 1. The zero-order chi connectivity index (χ0) is 12.2. The Bertz CT molecular complexity index is 384. The minimum absolute atomic E-state index is 0.0865. The lowest BCUT2D eigenvalue weighted by atomic mass is 10.1. The van der Waals surface area contributed by atoms with Crippen molar-refractivity contribution in [2.45, 2.75) is 26.7 Å². The van der Waals surface area contributed by atoms with Crippen LogP contribution in [0, 0.1) is 5.92 Å². The van der Waals surface area contributed by atoms with Gasteiger partial charge in [-0.05, 0) is 25.7 Å². The van der Waals surface area contributed by atoms with E-state index in [2.05, 4.69) is 5.32 Å². The van der Waals surface area contributed by atoms with Crippen LogP contribution in [0.4, 0.5) is 0 Å². The highest BCUT2D eigenvalue weighted by Crippen LogP contribution is 2.17. The Morgan fingerprint density at radius 3 is 2.69 bits per heavy atom. The molecule has 1 aliphatic rings. The molecule has 0 aromatic carbocycles. The molecule has 1 fully saturated rings. The fourth-order valence-corrected chi connectivity index (χ4v) is 3.67. The number of nitrogens with one attached hydrogen (secondary N) is 1. The van der Waals surface area contributed by atoms with Crippen LogP contribution in [0.15, 0.2) is 11.6 Å². The Morgan fingerprint density at radius 1 is 1.50 bits per heavy atom. The van der Waals surface area contributed by atoms with Gasteiger partial charge in [-0.3, -0.25) is 4.79 Å². The number of hydrogen-bond donors (Lipinski definition) is 1. The summed E-state index contributed by atoms with van der Waals surface area (Å²) < 4.78 is 22.4. The van der Waals surface area contributed by atoms with Crippen LogP contribution in [0.25, 0.3) is 0 Å². The van der Waals surface area contributed by atoms with Gasteiger partial charge in [0.2, 0.25) is 5.91 Å². The van der Waals surface area contributed by atoms with Gasteiger partial charge in [-0.15, -0.1) is 0 Å². The summed E-state index contributed by atoms with van der Waals surface area (Å²) in [5.41, 5.74) is 0.698. The molecule has 0 unspecified atom stereocenters. The van der Waals surface area contributed by atoms with Crippen molar-refractivity contribution in [3.8, 4) is 0 Å². The first-order valence-corrected chi connectivity index (χ1v) is 7.42. The molecule has 1 atom stereocenters. The first kappa shape index (κ1) is 13.2. The smallest absolute Gasteiger partial charge is 0.246 e. The van der Waals surface area contributed by atoms with Crippen molar-refractivity contribution >= 4 is 15.7 Å². The zero-order valence-electron chi connectivity index (χ0n) is 9.82. The fraction of sp³-hybridized carbons (Fsp3) is 0.727. The summed E-state index contributed by atoms with van der Waals surface area (Å²) in [6, 6.07) is 0. The third-order valence-electron chi connectivity index (χ3n) is 2.75. The molecule has 1 aliphatic heterocycles. The van der Waals surface area contributed by atoms with Crippen molar-refractivity contribution in [1.29, 1.82) is 0 Å². The lowest BCUT2D eigenvalue weighted by molar-refractivity contribution is -0.117. The van der Waals surface area contributed by atoms with Crippen molar-refractivity contribution in [2.75, 3.05) is 18.1 Å². The molecule has 0 bridgehead atoms. The molecule has 0 aromatic rings. The van der Waals surface area contributed by atoms with E-state index >= 15 is 0 Å². The highest BCUT2D eigenvalue weighted by atomic mass is 32.2. The van der Waals surface area contributed by atoms with Gasteiger partial charge in [-0.25, -0.2) is 8.42 Å². The molecular weight excluding hydrogens is 226 g/mol. The molecule has 1 N–H and O–H groups in total. The van der Waals surface area contributed by atoms with Gasteiger partial charge >= 0.3 is 0 Å². The summed E-state index contributed by atoms with van der Waals surface area (Å²) in [5.74, 6) is 0.468. The average molecular weight is 245 g/mol. The van der Waals surface area contributed by atoms with Gasteiger partial charge in [0.15, 0.2) is 9.84 Å². The number of hydrogen-bond acceptors (Lipinski definition) is 3. The molecule has 0 spiro atoms. The van der Waals surface area contributed by atoms with E-state index in [4.69, 9.17) is 0 Å². The molecule has 1 heterocycles. The lowest BCUT2D eigenvalue weighted by Crippen LogP contribution is -2.30. The topological polar surface area (TPSA) is 63.2 Å². The summed E-state index contributed by atoms with van der Waals surface area (Å²) in [7, 11) is -2.84. The van der Waals surface area contributed by atoms with Crippen molar-refractivity contribution in [3.63, 3.8) is 0 Å². The number of carbonyl (C=O) groups is 1. The fourth-order valence-electron chi connectivity index (χ4n) is 1.81. The summed E-state index contributed by atoms with van der Waals surface area (Å²) in [4.78, 5) is 11.5. The van der Waals surface area contributed by atoms with E-state index in [1.165, 1.54) is 0 Å². The Labute approximate surface area is 97.0 Å². The molecule has 5 heteroatoms. The Hall–Kier alpha value is -0.840. The van der Waals surface area contributed by atoms with Gasteiger partial charge in [0, 0.05) is 12.1 Å². The van der Waals surface area contributed by atoms with Crippen LogP contribution in [0.2, 0.25) is 0 Å². The molecule has 16 heavy (non-hydrogen) atoms. The Balaban J connectivity index is 2.36. The van der Waals surface area contributed by atoms with Crippen LogP contribution in [0.3, 0.4) is 0 Å². The third kappa shape index (κ3) is 3.96. The van der Waals surface area contributed by atoms with E-state index in [0.717, 1.165) is 6.42 Å². The standard InChI is InChI=1S/C11H19NO3S/c1-3-4-9(2)11(13)12-7-10-5-6-16(14,15)8-10/h4,10H,3,5-8H2,1-2H3,(H,12,13)/b9-4-/t10-/m1/s1. The predicted molar refractivity (Wildman–Crippen MR) is 63.8 cm³/mol. The van der Waals surface area contributed by atoms with Crippen molar-refractivity contribution < 1.29 is 13.2 Å². The average Bonchev–Trinajstić information content (AvgIpc) is 2.55. The molecular formula is C11H19NO3S. The van der Waals surface area contributed by atoms with E-state index in [1.54, 1.807) is 6.92 Å². The maximum atomic E-state index is 11.5. The van der Waals surface area contributed by atoms with Crippen LogP contribution in [0.1, 0.15) is 26.7 Å². The summed E-state index contributed by atoms with van der Waals surface area (Å²) in [6.45, 7) is 4.21. The third-order valence-corrected chi connectivity index (χ3v) is 4.58. The van der Waals surface area contributed by atoms with Crippen LogP contribution >= 0.6 is 0 Å². The largest absolute Gasteiger partial charge is 0.352 e. The quantitative estimate of drug-likeness (QED) is 0.748. The predicted octanol–water partition coefficient (Wildman–Crippen LogP) is 0.894. The molecule has 0 saturated carbocycles. The molecule has 0 radical (unpaired) electrons. The van der Waals surface area contributed by atoms with Crippen LogP contribution in [0.5, 0.6) is 0 Å². The van der Waals surface area contributed by atoms with E-state index in [9.17, 15) is 13.2 Å². The lowest BCUT2D eigenvalue weighted by Gasteiger charge is -2.09. The van der Waals surface area contributed by atoms with Crippen LogP contribution < -0.4 is 5.32 Å². The molecule has 4 nitrogen and oxygen atoms in total. The van der Waals surface area contributed by atoms with Gasteiger partial charge in [0.1, 0.15) is 0 Å². The minimum Gasteiger partial charge on any atom is -0.352 e. The van der Waals surface area contributed by atoms with Crippen LogP contribution in [-0.4, -0.2) is 32.4 Å². The highest BCUT2D eigenvalue weighted by Gasteiger charge is 2.27. The molecule has 1 saturated heterocycles. The summed E-state index contributed by atoms with van der Waals surface area (Å²) >= 11 is 0. The SMILES string of the molecule is CC/C=C(/C)C(=O)NC[C@H]1CCS(=O)(=O)C1. The van der Waals surface area contributed by atoms with E-state index < -0.39 is 9.84 Å². The summed E-state index contributed by atoms with van der Waals surface area (Å²) in [6.07, 6.45) is 3.36. The monoisotopic (exact) mass is 245 g/mol. The first-order chi connectivity index (χ1) is 7.44. The number of rotatable bonds is 4. The maximum Gasteiger partial charge on any atom is 0.246 e. The zero-order valence-corrected chi connectivity index (χ0v) is 10.6. The van der Waals surface area contributed by atoms with Crippen LogP contribution in [-0.2, 0) is 14.6 Å². The minimum atomic E-state index is -2.84. The van der Waals surface area contributed by atoms with Gasteiger partial charge in [-0.2, -0.15) is 0 Å². The number of amides is 1. The Kier molecular flexibility index (Phi) is 4.53. The molecule has 92 valence electrons. The normalized spacial score (nSPS) is 24.4. The van der Waals surface area contributed by atoms with E-state index in [-0.39, 0.29) is 23.3 Å².